The van der Waals surface area contributed by atoms with Crippen molar-refractivity contribution >= 4 is 21.9 Å². The van der Waals surface area contributed by atoms with Gasteiger partial charge in [0.15, 0.2) is 6.10 Å². The van der Waals surface area contributed by atoms with Gasteiger partial charge in [0.25, 0.3) is 0 Å². The number of ether oxygens (including phenoxy) is 1. The highest BCUT2D eigenvalue weighted by Crippen LogP contribution is 2.33. The van der Waals surface area contributed by atoms with Crippen LogP contribution in [-0.2, 0) is 9.53 Å². The van der Waals surface area contributed by atoms with Crippen LogP contribution in [0.5, 0.6) is 0 Å². The molecule has 80 valence electrons. The van der Waals surface area contributed by atoms with Gasteiger partial charge in [0.1, 0.15) is 0 Å². The molecule has 0 aliphatic carbocycles. The van der Waals surface area contributed by atoms with Gasteiger partial charge in [-0.05, 0) is 30.5 Å². The highest BCUT2D eigenvalue weighted by molar-refractivity contribution is 9.10. The van der Waals surface area contributed by atoms with E-state index < -0.39 is 12.1 Å². The van der Waals surface area contributed by atoms with Crippen molar-refractivity contribution in [2.45, 2.75) is 25.0 Å². The average molecular weight is 271 g/mol. The van der Waals surface area contributed by atoms with E-state index in [-0.39, 0.29) is 6.10 Å². The van der Waals surface area contributed by atoms with Crippen LogP contribution in [0.4, 0.5) is 0 Å². The molecule has 1 aromatic carbocycles. The molecule has 2 atom stereocenters. The van der Waals surface area contributed by atoms with Crippen LogP contribution >= 0.6 is 15.9 Å². The monoisotopic (exact) mass is 270 g/mol. The Labute approximate surface area is 96.2 Å². The molecule has 0 radical (unpaired) electrons. The average Bonchev–Trinajstić information content (AvgIpc) is 2.66. The first kappa shape index (κ1) is 10.6. The fourth-order valence-corrected chi connectivity index (χ4v) is 2.19. The number of rotatable bonds is 2. The van der Waals surface area contributed by atoms with Gasteiger partial charge >= 0.3 is 5.97 Å². The standard InChI is InChI=1S/C11H11BrO3/c12-8-3-1-2-7(6-8)9-4-5-10(15-9)11(13)14/h1-3,6,9-10H,4-5H2,(H,13,14). The van der Waals surface area contributed by atoms with Crippen molar-refractivity contribution in [1.82, 2.24) is 0 Å². The van der Waals surface area contributed by atoms with Gasteiger partial charge in [0.05, 0.1) is 6.10 Å². The van der Waals surface area contributed by atoms with Gasteiger partial charge < -0.3 is 9.84 Å². The SMILES string of the molecule is O=C(O)C1CCC(c2cccc(Br)c2)O1. The minimum atomic E-state index is -0.868. The molecule has 1 heterocycles. The lowest BCUT2D eigenvalue weighted by Crippen LogP contribution is -2.18. The van der Waals surface area contributed by atoms with Crippen LogP contribution in [0.25, 0.3) is 0 Å². The molecule has 0 spiro atoms. The van der Waals surface area contributed by atoms with Crippen LogP contribution in [0.15, 0.2) is 28.7 Å². The van der Waals surface area contributed by atoms with E-state index in [2.05, 4.69) is 15.9 Å². The molecule has 3 nitrogen and oxygen atoms in total. The first-order valence-corrected chi connectivity index (χ1v) is 5.60. The summed E-state index contributed by atoms with van der Waals surface area (Å²) in [6, 6.07) is 7.79. The molecule has 1 saturated heterocycles. The second-order valence-corrected chi connectivity index (χ2v) is 4.50. The second-order valence-electron chi connectivity index (χ2n) is 3.58. The number of halogens is 1. The fraction of sp³-hybridized carbons (Fsp3) is 0.364. The van der Waals surface area contributed by atoms with Crippen molar-refractivity contribution < 1.29 is 14.6 Å². The summed E-state index contributed by atoms with van der Waals surface area (Å²) in [7, 11) is 0. The predicted molar refractivity (Wildman–Crippen MR) is 58.6 cm³/mol. The third-order valence-electron chi connectivity index (χ3n) is 2.52. The Morgan fingerprint density at radius 1 is 1.47 bits per heavy atom. The van der Waals surface area contributed by atoms with E-state index in [0.717, 1.165) is 16.5 Å². The number of aliphatic carboxylic acids is 1. The van der Waals surface area contributed by atoms with Crippen molar-refractivity contribution in [3.63, 3.8) is 0 Å². The Morgan fingerprint density at radius 2 is 2.27 bits per heavy atom. The minimum Gasteiger partial charge on any atom is -0.479 e. The van der Waals surface area contributed by atoms with Crippen molar-refractivity contribution in [1.29, 1.82) is 0 Å². The topological polar surface area (TPSA) is 46.5 Å². The minimum absolute atomic E-state index is 0.0800. The van der Waals surface area contributed by atoms with E-state index in [1.807, 2.05) is 24.3 Å². The lowest BCUT2D eigenvalue weighted by atomic mass is 10.1. The molecular formula is C11H11BrO3. The van der Waals surface area contributed by atoms with E-state index in [4.69, 9.17) is 9.84 Å². The molecule has 1 aliphatic heterocycles. The van der Waals surface area contributed by atoms with E-state index in [1.54, 1.807) is 0 Å². The molecule has 15 heavy (non-hydrogen) atoms. The molecule has 0 amide bonds. The van der Waals surface area contributed by atoms with Gasteiger partial charge in [-0.15, -0.1) is 0 Å². The van der Waals surface area contributed by atoms with E-state index in [1.165, 1.54) is 0 Å². The maximum absolute atomic E-state index is 10.7. The predicted octanol–water partition coefficient (Wildman–Crippen LogP) is 2.75. The van der Waals surface area contributed by atoms with Crippen LogP contribution in [-0.4, -0.2) is 17.2 Å². The summed E-state index contributed by atoms with van der Waals surface area (Å²) < 4.78 is 6.43. The molecule has 0 bridgehead atoms. The van der Waals surface area contributed by atoms with Crippen molar-refractivity contribution in [2.24, 2.45) is 0 Å². The summed E-state index contributed by atoms with van der Waals surface area (Å²) in [4.78, 5) is 10.7. The molecule has 0 aromatic heterocycles. The summed E-state index contributed by atoms with van der Waals surface area (Å²) in [5, 5.41) is 8.80. The maximum Gasteiger partial charge on any atom is 0.332 e. The molecule has 1 fully saturated rings. The lowest BCUT2D eigenvalue weighted by molar-refractivity contribution is -0.149. The van der Waals surface area contributed by atoms with Crippen molar-refractivity contribution in [3.05, 3.63) is 34.3 Å². The number of hydrogen-bond acceptors (Lipinski definition) is 2. The molecule has 2 unspecified atom stereocenters. The molecule has 2 rings (SSSR count). The van der Waals surface area contributed by atoms with Crippen LogP contribution in [0, 0.1) is 0 Å². The van der Waals surface area contributed by atoms with Crippen LogP contribution in [0.2, 0.25) is 0 Å². The molecule has 1 aliphatic rings. The Hall–Kier alpha value is -0.870. The number of benzene rings is 1. The largest absolute Gasteiger partial charge is 0.479 e. The van der Waals surface area contributed by atoms with Crippen LogP contribution < -0.4 is 0 Å². The summed E-state index contributed by atoms with van der Waals surface area (Å²) in [6.07, 6.45) is 0.637. The zero-order valence-corrected chi connectivity index (χ0v) is 9.61. The number of carbonyl (C=O) groups is 1. The van der Waals surface area contributed by atoms with Crippen LogP contribution in [0.3, 0.4) is 0 Å². The smallest absolute Gasteiger partial charge is 0.332 e. The van der Waals surface area contributed by atoms with E-state index in [0.29, 0.717) is 6.42 Å². The summed E-state index contributed by atoms with van der Waals surface area (Å²) >= 11 is 3.38. The molecule has 1 aromatic rings. The number of hydrogen-bond donors (Lipinski definition) is 1. The maximum atomic E-state index is 10.7. The van der Waals surface area contributed by atoms with Crippen molar-refractivity contribution in [3.8, 4) is 0 Å². The normalized spacial score (nSPS) is 25.4. The highest BCUT2D eigenvalue weighted by atomic mass is 79.9. The first-order valence-electron chi connectivity index (χ1n) is 4.80. The Bertz CT molecular complexity index is 378. The van der Waals surface area contributed by atoms with Crippen molar-refractivity contribution in [2.75, 3.05) is 0 Å². The Balaban J connectivity index is 2.11. The first-order chi connectivity index (χ1) is 7.16. The van der Waals surface area contributed by atoms with Gasteiger partial charge in [0, 0.05) is 4.47 Å². The molecule has 0 saturated carbocycles. The van der Waals surface area contributed by atoms with Crippen LogP contribution in [0.1, 0.15) is 24.5 Å². The zero-order valence-electron chi connectivity index (χ0n) is 8.02. The third-order valence-corrected chi connectivity index (χ3v) is 3.01. The van der Waals surface area contributed by atoms with E-state index in [9.17, 15) is 4.79 Å². The second kappa shape index (κ2) is 4.33. The number of carboxylic acid groups (broad SMARTS) is 1. The van der Waals surface area contributed by atoms with Gasteiger partial charge in [-0.25, -0.2) is 4.79 Å². The quantitative estimate of drug-likeness (QED) is 0.899. The Morgan fingerprint density at radius 3 is 2.87 bits per heavy atom. The summed E-state index contributed by atoms with van der Waals surface area (Å²) in [5.41, 5.74) is 1.04. The van der Waals surface area contributed by atoms with E-state index >= 15 is 0 Å². The molecular weight excluding hydrogens is 260 g/mol. The fourth-order valence-electron chi connectivity index (χ4n) is 1.77. The lowest BCUT2D eigenvalue weighted by Gasteiger charge is -2.11. The van der Waals surface area contributed by atoms with Gasteiger partial charge in [-0.2, -0.15) is 0 Å². The van der Waals surface area contributed by atoms with Gasteiger partial charge in [-0.1, -0.05) is 28.1 Å². The summed E-state index contributed by atoms with van der Waals surface area (Å²) in [5.74, 6) is -0.868. The van der Waals surface area contributed by atoms with Gasteiger partial charge in [0.2, 0.25) is 0 Å². The van der Waals surface area contributed by atoms with Gasteiger partial charge in [-0.3, -0.25) is 0 Å². The Kier molecular flexibility index (Phi) is 3.07. The zero-order chi connectivity index (χ0) is 10.8. The third kappa shape index (κ3) is 2.38. The molecule has 4 heteroatoms. The summed E-state index contributed by atoms with van der Waals surface area (Å²) in [6.45, 7) is 0. The molecule has 1 N–H and O–H groups in total. The number of carboxylic acids is 1. The highest BCUT2D eigenvalue weighted by Gasteiger charge is 2.31.